The molecule has 1 aromatic rings. The monoisotopic (exact) mass is 237 g/mol. The molecule has 0 aliphatic carbocycles. The van der Waals surface area contributed by atoms with E-state index in [0.29, 0.717) is 12.0 Å². The summed E-state index contributed by atoms with van der Waals surface area (Å²) in [6.45, 7) is 6.49. The molecule has 0 aromatic heterocycles. The Labute approximate surface area is 104 Å². The highest BCUT2D eigenvalue weighted by atomic mass is 19.1. The summed E-state index contributed by atoms with van der Waals surface area (Å²) in [5.41, 5.74) is 2.30. The zero-order valence-electron chi connectivity index (χ0n) is 11.4. The van der Waals surface area contributed by atoms with Gasteiger partial charge < -0.3 is 5.32 Å². The van der Waals surface area contributed by atoms with Crippen LogP contribution in [0.4, 0.5) is 4.39 Å². The van der Waals surface area contributed by atoms with Crippen molar-refractivity contribution in [3.8, 4) is 0 Å². The molecule has 0 saturated carbocycles. The number of benzene rings is 1. The maximum absolute atomic E-state index is 13.2. The molecule has 1 nitrogen and oxygen atoms in total. The molecule has 1 N–H and O–H groups in total. The third-order valence-electron chi connectivity index (χ3n) is 3.74. The fourth-order valence-corrected chi connectivity index (χ4v) is 2.46. The molecule has 0 fully saturated rings. The smallest absolute Gasteiger partial charge is 0.123 e. The van der Waals surface area contributed by atoms with E-state index in [9.17, 15) is 4.39 Å². The third kappa shape index (κ3) is 3.81. The van der Waals surface area contributed by atoms with E-state index in [1.165, 1.54) is 11.6 Å². The first-order valence-corrected chi connectivity index (χ1v) is 6.54. The van der Waals surface area contributed by atoms with Crippen LogP contribution in [-0.2, 0) is 6.42 Å². The summed E-state index contributed by atoms with van der Waals surface area (Å²) in [5, 5.41) is 3.38. The highest BCUT2D eigenvalue weighted by Crippen LogP contribution is 2.19. The van der Waals surface area contributed by atoms with Gasteiger partial charge in [-0.05, 0) is 49.6 Å². The number of halogens is 1. The first-order chi connectivity index (χ1) is 8.12. The molecule has 0 aliphatic heterocycles. The topological polar surface area (TPSA) is 12.0 Å². The van der Waals surface area contributed by atoms with Gasteiger partial charge in [0, 0.05) is 6.04 Å². The highest BCUT2D eigenvalue weighted by molar-refractivity contribution is 5.27. The minimum atomic E-state index is -0.134. The van der Waals surface area contributed by atoms with Crippen LogP contribution in [0.1, 0.15) is 37.8 Å². The van der Waals surface area contributed by atoms with Gasteiger partial charge in [0.05, 0.1) is 0 Å². The van der Waals surface area contributed by atoms with Crippen LogP contribution in [0.2, 0.25) is 0 Å². The minimum absolute atomic E-state index is 0.134. The minimum Gasteiger partial charge on any atom is -0.316 e. The van der Waals surface area contributed by atoms with Crippen molar-refractivity contribution in [2.75, 3.05) is 7.05 Å². The summed E-state index contributed by atoms with van der Waals surface area (Å²) in [6, 6.07) is 5.50. The quantitative estimate of drug-likeness (QED) is 0.795. The standard InChI is InChI=1S/C15H24FN/c1-5-12(6-2)15(17-4)10-13-9-14(16)8-7-11(13)3/h7-9,12,15,17H,5-6,10H2,1-4H3. The lowest BCUT2D eigenvalue weighted by Crippen LogP contribution is -2.35. The van der Waals surface area contributed by atoms with E-state index in [0.717, 1.165) is 24.8 Å². The van der Waals surface area contributed by atoms with E-state index in [1.54, 1.807) is 6.07 Å². The molecule has 1 unspecified atom stereocenters. The predicted molar refractivity (Wildman–Crippen MR) is 71.8 cm³/mol. The Bertz CT molecular complexity index is 345. The summed E-state index contributed by atoms with van der Waals surface area (Å²) in [5.74, 6) is 0.521. The second-order valence-electron chi connectivity index (χ2n) is 4.75. The third-order valence-corrected chi connectivity index (χ3v) is 3.74. The van der Waals surface area contributed by atoms with Gasteiger partial charge in [-0.3, -0.25) is 0 Å². The van der Waals surface area contributed by atoms with Gasteiger partial charge in [-0.15, -0.1) is 0 Å². The Morgan fingerprint density at radius 2 is 1.88 bits per heavy atom. The van der Waals surface area contributed by atoms with E-state index >= 15 is 0 Å². The van der Waals surface area contributed by atoms with Gasteiger partial charge in [0.1, 0.15) is 5.82 Å². The fourth-order valence-electron chi connectivity index (χ4n) is 2.46. The van der Waals surface area contributed by atoms with Crippen LogP contribution in [0.15, 0.2) is 18.2 Å². The van der Waals surface area contributed by atoms with Crippen molar-refractivity contribution in [1.82, 2.24) is 5.32 Å². The SMILES string of the molecule is CCC(CC)C(Cc1cc(F)ccc1C)NC. The number of rotatable bonds is 6. The summed E-state index contributed by atoms with van der Waals surface area (Å²) < 4.78 is 13.2. The molecular formula is C15H24FN. The highest BCUT2D eigenvalue weighted by Gasteiger charge is 2.17. The molecular weight excluding hydrogens is 213 g/mol. The van der Waals surface area contributed by atoms with E-state index in [4.69, 9.17) is 0 Å². The lowest BCUT2D eigenvalue weighted by atomic mass is 9.88. The van der Waals surface area contributed by atoms with E-state index in [2.05, 4.69) is 19.2 Å². The predicted octanol–water partition coefficient (Wildman–Crippen LogP) is 3.70. The number of nitrogens with one attached hydrogen (secondary N) is 1. The van der Waals surface area contributed by atoms with Gasteiger partial charge >= 0.3 is 0 Å². The van der Waals surface area contributed by atoms with Gasteiger partial charge in [-0.25, -0.2) is 4.39 Å². The first kappa shape index (κ1) is 14.2. The normalized spacial score (nSPS) is 13.1. The molecule has 0 spiro atoms. The van der Waals surface area contributed by atoms with Crippen LogP contribution in [0, 0.1) is 18.7 Å². The second-order valence-corrected chi connectivity index (χ2v) is 4.75. The van der Waals surface area contributed by atoms with E-state index in [-0.39, 0.29) is 5.82 Å². The molecule has 17 heavy (non-hydrogen) atoms. The molecule has 96 valence electrons. The zero-order chi connectivity index (χ0) is 12.8. The van der Waals surface area contributed by atoms with E-state index < -0.39 is 0 Å². The molecule has 0 heterocycles. The van der Waals surface area contributed by atoms with E-state index in [1.807, 2.05) is 20.0 Å². The lowest BCUT2D eigenvalue weighted by Gasteiger charge is -2.25. The van der Waals surface area contributed by atoms with Gasteiger partial charge in [-0.2, -0.15) is 0 Å². The van der Waals surface area contributed by atoms with Gasteiger partial charge in [0.2, 0.25) is 0 Å². The molecule has 0 amide bonds. The maximum atomic E-state index is 13.2. The van der Waals surface area contributed by atoms with Crippen LogP contribution in [0.3, 0.4) is 0 Å². The maximum Gasteiger partial charge on any atom is 0.123 e. The molecule has 1 rings (SSSR count). The Hall–Kier alpha value is -0.890. The lowest BCUT2D eigenvalue weighted by molar-refractivity contribution is 0.348. The van der Waals surface area contributed by atoms with Crippen molar-refractivity contribution in [3.05, 3.63) is 35.1 Å². The van der Waals surface area contributed by atoms with Crippen LogP contribution >= 0.6 is 0 Å². The van der Waals surface area contributed by atoms with Crippen LogP contribution < -0.4 is 5.32 Å². The number of likely N-dealkylation sites (N-methyl/N-ethyl adjacent to an activating group) is 1. The van der Waals surface area contributed by atoms with Crippen LogP contribution in [0.5, 0.6) is 0 Å². The average Bonchev–Trinajstić information content (AvgIpc) is 2.33. The molecule has 1 aromatic carbocycles. The Morgan fingerprint density at radius 3 is 2.41 bits per heavy atom. The average molecular weight is 237 g/mol. The van der Waals surface area contributed by atoms with Crippen molar-refractivity contribution >= 4 is 0 Å². The number of hydrogen-bond acceptors (Lipinski definition) is 1. The molecule has 0 aliphatic rings. The fraction of sp³-hybridized carbons (Fsp3) is 0.600. The molecule has 1 atom stereocenters. The van der Waals surface area contributed by atoms with Gasteiger partial charge in [0.25, 0.3) is 0 Å². The van der Waals surface area contributed by atoms with Crippen molar-refractivity contribution in [2.45, 2.75) is 46.1 Å². The Balaban J connectivity index is 2.83. The summed E-state index contributed by atoms with van der Waals surface area (Å²) in [7, 11) is 2.00. The zero-order valence-corrected chi connectivity index (χ0v) is 11.4. The molecule has 0 bridgehead atoms. The van der Waals surface area contributed by atoms with Gasteiger partial charge in [-0.1, -0.05) is 32.8 Å². The van der Waals surface area contributed by atoms with Crippen molar-refractivity contribution in [3.63, 3.8) is 0 Å². The number of hydrogen-bond donors (Lipinski definition) is 1. The van der Waals surface area contributed by atoms with Gasteiger partial charge in [0.15, 0.2) is 0 Å². The Morgan fingerprint density at radius 1 is 1.24 bits per heavy atom. The van der Waals surface area contributed by atoms with Crippen LogP contribution in [0.25, 0.3) is 0 Å². The number of aryl methyl sites for hydroxylation is 1. The molecule has 0 saturated heterocycles. The van der Waals surface area contributed by atoms with Crippen molar-refractivity contribution < 1.29 is 4.39 Å². The molecule has 2 heteroatoms. The van der Waals surface area contributed by atoms with Crippen molar-refractivity contribution in [1.29, 1.82) is 0 Å². The summed E-state index contributed by atoms with van der Waals surface area (Å²) >= 11 is 0. The molecule has 0 radical (unpaired) electrons. The van der Waals surface area contributed by atoms with Crippen LogP contribution in [-0.4, -0.2) is 13.1 Å². The largest absolute Gasteiger partial charge is 0.316 e. The second kappa shape index (κ2) is 6.75. The van der Waals surface area contributed by atoms with Crippen molar-refractivity contribution in [2.24, 2.45) is 5.92 Å². The Kier molecular flexibility index (Phi) is 5.63. The summed E-state index contributed by atoms with van der Waals surface area (Å²) in [6.07, 6.45) is 3.24. The summed E-state index contributed by atoms with van der Waals surface area (Å²) in [4.78, 5) is 0. The first-order valence-electron chi connectivity index (χ1n) is 6.54.